The van der Waals surface area contributed by atoms with E-state index in [1.165, 1.54) is 12.7 Å². The number of methoxy groups -OCH3 is 1. The van der Waals surface area contributed by atoms with Crippen LogP contribution in [0, 0.1) is 26.7 Å². The molecule has 0 aromatic heterocycles. The number of carbonyl (C=O) groups is 2. The minimum Gasteiger partial charge on any atom is -0.467 e. The fraction of sp³-hybridized carbons (Fsp3) is 0.600. The Morgan fingerprint density at radius 1 is 1.17 bits per heavy atom. The molecule has 4 nitrogen and oxygen atoms in total. The third kappa shape index (κ3) is 3.97. The van der Waals surface area contributed by atoms with Gasteiger partial charge in [-0.05, 0) is 69.1 Å². The highest BCUT2D eigenvalue weighted by atomic mass is 16.5. The summed E-state index contributed by atoms with van der Waals surface area (Å²) < 4.78 is 4.99. The van der Waals surface area contributed by atoms with Crippen LogP contribution in [-0.2, 0) is 20.7 Å². The number of benzene rings is 1. The van der Waals surface area contributed by atoms with Gasteiger partial charge in [0.1, 0.15) is 5.54 Å². The maximum absolute atomic E-state index is 12.7. The number of aryl methyl sites for hydroxylation is 3. The van der Waals surface area contributed by atoms with E-state index in [0.29, 0.717) is 25.2 Å². The van der Waals surface area contributed by atoms with E-state index < -0.39 is 5.54 Å². The molecule has 0 bridgehead atoms. The maximum atomic E-state index is 12.7. The molecule has 1 saturated carbocycles. The number of nitrogens with one attached hydrogen (secondary N) is 1. The van der Waals surface area contributed by atoms with Gasteiger partial charge in [0.2, 0.25) is 5.91 Å². The van der Waals surface area contributed by atoms with E-state index in [1.807, 2.05) is 13.8 Å². The number of ether oxygens (including phenoxy) is 1. The van der Waals surface area contributed by atoms with Crippen molar-refractivity contribution in [1.82, 2.24) is 5.32 Å². The number of amides is 1. The van der Waals surface area contributed by atoms with Crippen molar-refractivity contribution in [2.45, 2.75) is 65.3 Å². The summed E-state index contributed by atoms with van der Waals surface area (Å²) in [7, 11) is 1.39. The number of hydrogen-bond donors (Lipinski definition) is 1. The number of rotatable bonds is 4. The van der Waals surface area contributed by atoms with Crippen molar-refractivity contribution < 1.29 is 14.3 Å². The zero-order valence-corrected chi connectivity index (χ0v) is 15.5. The number of esters is 1. The molecule has 1 fully saturated rings. The van der Waals surface area contributed by atoms with Gasteiger partial charge < -0.3 is 10.1 Å². The smallest absolute Gasteiger partial charge is 0.331 e. The Labute approximate surface area is 145 Å². The van der Waals surface area contributed by atoms with Crippen molar-refractivity contribution in [1.29, 1.82) is 0 Å². The Bertz CT molecular complexity index is 605. The first-order chi connectivity index (χ1) is 11.3. The van der Waals surface area contributed by atoms with Crippen LogP contribution in [0.4, 0.5) is 0 Å². The molecule has 0 radical (unpaired) electrons. The Morgan fingerprint density at radius 3 is 2.21 bits per heavy atom. The average molecular weight is 331 g/mol. The Kier molecular flexibility index (Phi) is 5.68. The molecule has 0 heterocycles. The van der Waals surface area contributed by atoms with E-state index in [4.69, 9.17) is 4.74 Å². The average Bonchev–Trinajstić information content (AvgIpc) is 2.52. The van der Waals surface area contributed by atoms with E-state index in [1.54, 1.807) is 0 Å². The van der Waals surface area contributed by atoms with E-state index in [-0.39, 0.29) is 11.9 Å². The van der Waals surface area contributed by atoms with Crippen molar-refractivity contribution in [3.63, 3.8) is 0 Å². The Balaban J connectivity index is 2.16. The molecular formula is C20H29NO3. The first-order valence-corrected chi connectivity index (χ1v) is 8.73. The summed E-state index contributed by atoms with van der Waals surface area (Å²) in [6.45, 7) is 8.29. The van der Waals surface area contributed by atoms with Crippen LogP contribution in [0.15, 0.2) is 12.1 Å². The molecule has 0 spiro atoms. The zero-order chi connectivity index (χ0) is 17.9. The molecule has 0 saturated heterocycles. The Hall–Kier alpha value is -1.84. The molecule has 1 N–H and O–H groups in total. The lowest BCUT2D eigenvalue weighted by atomic mass is 9.77. The van der Waals surface area contributed by atoms with Gasteiger partial charge in [0.15, 0.2) is 0 Å². The second kappa shape index (κ2) is 7.37. The van der Waals surface area contributed by atoms with Crippen LogP contribution < -0.4 is 5.32 Å². The fourth-order valence-electron chi connectivity index (χ4n) is 3.79. The summed E-state index contributed by atoms with van der Waals surface area (Å²) in [4.78, 5) is 25.0. The molecule has 0 atom stereocenters. The molecule has 0 aliphatic heterocycles. The van der Waals surface area contributed by atoms with Crippen LogP contribution in [0.25, 0.3) is 0 Å². The van der Waals surface area contributed by atoms with Crippen molar-refractivity contribution >= 4 is 11.9 Å². The lowest BCUT2D eigenvalue weighted by Crippen LogP contribution is -2.57. The molecule has 1 aromatic carbocycles. The van der Waals surface area contributed by atoms with Gasteiger partial charge in [-0.15, -0.1) is 0 Å². The number of hydrogen-bond acceptors (Lipinski definition) is 3. The van der Waals surface area contributed by atoms with Gasteiger partial charge in [0.25, 0.3) is 0 Å². The van der Waals surface area contributed by atoms with Gasteiger partial charge in [-0.3, -0.25) is 4.79 Å². The van der Waals surface area contributed by atoms with Crippen LogP contribution in [0.1, 0.15) is 54.9 Å². The molecule has 1 aliphatic rings. The van der Waals surface area contributed by atoms with Gasteiger partial charge >= 0.3 is 5.97 Å². The predicted octanol–water partition coefficient (Wildman–Crippen LogP) is 3.39. The van der Waals surface area contributed by atoms with Crippen molar-refractivity contribution in [3.05, 3.63) is 34.4 Å². The van der Waals surface area contributed by atoms with Gasteiger partial charge in [0.05, 0.1) is 13.5 Å². The number of carbonyl (C=O) groups excluding carboxylic acids is 2. The molecular weight excluding hydrogens is 302 g/mol. The standard InChI is InChI=1S/C20H29NO3/c1-13-6-8-20(9-7-13,19(23)24-5)21-18(22)12-17-15(3)10-14(2)11-16(17)4/h10-11,13H,6-9,12H2,1-5H3,(H,21,22). The highest BCUT2D eigenvalue weighted by molar-refractivity contribution is 5.89. The highest BCUT2D eigenvalue weighted by Gasteiger charge is 2.43. The lowest BCUT2D eigenvalue weighted by Gasteiger charge is -2.37. The fourth-order valence-corrected chi connectivity index (χ4v) is 3.79. The summed E-state index contributed by atoms with van der Waals surface area (Å²) in [6, 6.07) is 4.18. The van der Waals surface area contributed by atoms with Gasteiger partial charge in [-0.1, -0.05) is 24.6 Å². The lowest BCUT2D eigenvalue weighted by molar-refractivity contribution is -0.153. The van der Waals surface area contributed by atoms with Crippen molar-refractivity contribution in [2.24, 2.45) is 5.92 Å². The second-order valence-electron chi connectivity index (χ2n) is 7.36. The van der Waals surface area contributed by atoms with E-state index in [0.717, 1.165) is 29.5 Å². The van der Waals surface area contributed by atoms with Gasteiger partial charge in [-0.2, -0.15) is 0 Å². The van der Waals surface area contributed by atoms with Crippen LogP contribution in [0.5, 0.6) is 0 Å². The van der Waals surface area contributed by atoms with Crippen LogP contribution in [-0.4, -0.2) is 24.5 Å². The monoisotopic (exact) mass is 331 g/mol. The van der Waals surface area contributed by atoms with Gasteiger partial charge in [-0.25, -0.2) is 4.79 Å². The normalized spacial score (nSPS) is 23.6. The molecule has 4 heteroatoms. The Morgan fingerprint density at radius 2 is 1.71 bits per heavy atom. The summed E-state index contributed by atoms with van der Waals surface area (Å²) in [5.41, 5.74) is 3.62. The second-order valence-corrected chi connectivity index (χ2v) is 7.36. The minimum atomic E-state index is -0.856. The highest BCUT2D eigenvalue weighted by Crippen LogP contribution is 2.33. The summed E-state index contributed by atoms with van der Waals surface area (Å²) in [5.74, 6) is 0.159. The summed E-state index contributed by atoms with van der Waals surface area (Å²) in [5, 5.41) is 3.01. The third-order valence-corrected chi connectivity index (χ3v) is 5.26. The third-order valence-electron chi connectivity index (χ3n) is 5.26. The van der Waals surface area contributed by atoms with Crippen LogP contribution >= 0.6 is 0 Å². The first kappa shape index (κ1) is 18.5. The predicted molar refractivity (Wildman–Crippen MR) is 94.9 cm³/mol. The van der Waals surface area contributed by atoms with E-state index in [9.17, 15) is 9.59 Å². The molecule has 1 amide bonds. The summed E-state index contributed by atoms with van der Waals surface area (Å²) >= 11 is 0. The van der Waals surface area contributed by atoms with Crippen molar-refractivity contribution in [2.75, 3.05) is 7.11 Å². The van der Waals surface area contributed by atoms with E-state index >= 15 is 0 Å². The molecule has 132 valence electrons. The SMILES string of the molecule is COC(=O)C1(NC(=O)Cc2c(C)cc(C)cc2C)CCC(C)CC1. The van der Waals surface area contributed by atoms with E-state index in [2.05, 4.69) is 31.3 Å². The molecule has 24 heavy (non-hydrogen) atoms. The largest absolute Gasteiger partial charge is 0.467 e. The zero-order valence-electron chi connectivity index (χ0n) is 15.5. The van der Waals surface area contributed by atoms with Crippen LogP contribution in [0.2, 0.25) is 0 Å². The first-order valence-electron chi connectivity index (χ1n) is 8.73. The molecule has 2 rings (SSSR count). The van der Waals surface area contributed by atoms with Gasteiger partial charge in [0, 0.05) is 0 Å². The topological polar surface area (TPSA) is 55.4 Å². The quantitative estimate of drug-likeness (QED) is 0.861. The summed E-state index contributed by atoms with van der Waals surface area (Å²) in [6.07, 6.45) is 3.46. The molecule has 1 aromatic rings. The molecule has 1 aliphatic carbocycles. The van der Waals surface area contributed by atoms with Crippen molar-refractivity contribution in [3.8, 4) is 0 Å². The molecule has 0 unspecified atom stereocenters. The minimum absolute atomic E-state index is 0.106. The van der Waals surface area contributed by atoms with Crippen LogP contribution in [0.3, 0.4) is 0 Å². The maximum Gasteiger partial charge on any atom is 0.331 e.